The third-order valence-corrected chi connectivity index (χ3v) is 7.63. The third kappa shape index (κ3) is 4.14. The molecule has 0 unspecified atom stereocenters. The first-order chi connectivity index (χ1) is 18.7. The Morgan fingerprint density at radius 1 is 1.15 bits per heavy atom. The number of anilines is 1. The zero-order valence-electron chi connectivity index (χ0n) is 22.4. The number of amides is 1. The second-order valence-corrected chi connectivity index (χ2v) is 10.6. The van der Waals surface area contributed by atoms with Gasteiger partial charge in [-0.15, -0.1) is 5.10 Å². The Morgan fingerprint density at radius 3 is 2.72 bits per heavy atom. The lowest BCUT2D eigenvalue weighted by Crippen LogP contribution is -2.54. The molecule has 0 aliphatic carbocycles. The van der Waals surface area contributed by atoms with Gasteiger partial charge in [0.05, 0.1) is 28.7 Å². The molecule has 4 aromatic heterocycles. The van der Waals surface area contributed by atoms with E-state index >= 15 is 4.39 Å². The molecule has 0 aromatic carbocycles. The summed E-state index contributed by atoms with van der Waals surface area (Å²) in [6.45, 7) is 8.97. The number of nitrogens with zero attached hydrogens (tertiary/aromatic N) is 9. The highest BCUT2D eigenvalue weighted by atomic mass is 19.1. The van der Waals surface area contributed by atoms with E-state index in [0.29, 0.717) is 49.4 Å². The Hall–Kier alpha value is -4.22. The largest absolute Gasteiger partial charge is 0.355 e. The number of piperazine rings is 1. The highest BCUT2D eigenvalue weighted by Gasteiger charge is 2.31. The number of hydrogen-bond donors (Lipinski definition) is 0. The minimum absolute atomic E-state index is 0.00781. The van der Waals surface area contributed by atoms with Crippen molar-refractivity contribution in [1.82, 2.24) is 39.4 Å². The van der Waals surface area contributed by atoms with Crippen LogP contribution in [0.15, 0.2) is 29.3 Å². The maximum absolute atomic E-state index is 15.8. The van der Waals surface area contributed by atoms with Gasteiger partial charge in [0.1, 0.15) is 5.82 Å². The van der Waals surface area contributed by atoms with Crippen molar-refractivity contribution in [3.05, 3.63) is 57.8 Å². The average molecular weight is 532 g/mol. The fourth-order valence-corrected chi connectivity index (χ4v) is 5.68. The summed E-state index contributed by atoms with van der Waals surface area (Å²) < 4.78 is 18.7. The summed E-state index contributed by atoms with van der Waals surface area (Å²) in [4.78, 5) is 43.6. The van der Waals surface area contributed by atoms with Crippen LogP contribution in [0.3, 0.4) is 0 Å². The highest BCUT2D eigenvalue weighted by Crippen LogP contribution is 2.33. The molecule has 1 fully saturated rings. The van der Waals surface area contributed by atoms with Crippen molar-refractivity contribution in [2.45, 2.75) is 58.9 Å². The first-order valence-electron chi connectivity index (χ1n) is 13.3. The summed E-state index contributed by atoms with van der Waals surface area (Å²) in [5.41, 5.74) is 2.85. The third-order valence-electron chi connectivity index (χ3n) is 7.63. The summed E-state index contributed by atoms with van der Waals surface area (Å²) in [6, 6.07) is 3.17. The molecule has 1 amide bonds. The molecule has 0 spiro atoms. The van der Waals surface area contributed by atoms with Gasteiger partial charge in [0.15, 0.2) is 17.3 Å². The molecule has 0 radical (unpaired) electrons. The van der Waals surface area contributed by atoms with Gasteiger partial charge < -0.3 is 9.80 Å². The van der Waals surface area contributed by atoms with Gasteiger partial charge in [-0.25, -0.2) is 18.7 Å². The molecular weight excluding hydrogens is 501 g/mol. The number of aromatic nitrogens is 7. The molecule has 39 heavy (non-hydrogen) atoms. The predicted octanol–water partition coefficient (Wildman–Crippen LogP) is 2.56. The molecule has 0 saturated carbocycles. The summed E-state index contributed by atoms with van der Waals surface area (Å²) in [7, 11) is 0. The van der Waals surface area contributed by atoms with Crippen LogP contribution in [0.4, 0.5) is 10.2 Å². The SMILES string of the molecule is CC(=O)N1CCN(c2nc(=O)n3c4nc(c(F)cc24)-n2nncc2CCCc2ccnc(C(C)C)c2-3)[C@@H](C)C1. The average Bonchev–Trinajstić information content (AvgIpc) is 3.35. The van der Waals surface area contributed by atoms with Crippen LogP contribution in [0.25, 0.3) is 22.5 Å². The van der Waals surface area contributed by atoms with E-state index in [1.807, 2.05) is 31.7 Å². The van der Waals surface area contributed by atoms with E-state index in [-0.39, 0.29) is 29.3 Å². The van der Waals surface area contributed by atoms with Crippen molar-refractivity contribution >= 4 is 22.8 Å². The fraction of sp³-hybridized carbons (Fsp3) is 0.444. The minimum atomic E-state index is -0.590. The van der Waals surface area contributed by atoms with Crippen LogP contribution in [0, 0.1) is 5.82 Å². The Kier molecular flexibility index (Phi) is 6.12. The molecule has 0 N–H and O–H groups in total. The molecule has 6 heterocycles. The van der Waals surface area contributed by atoms with E-state index in [0.717, 1.165) is 23.4 Å². The Morgan fingerprint density at radius 2 is 1.97 bits per heavy atom. The van der Waals surface area contributed by atoms with Gasteiger partial charge in [0.2, 0.25) is 5.91 Å². The van der Waals surface area contributed by atoms with Crippen LogP contribution >= 0.6 is 0 Å². The summed E-state index contributed by atoms with van der Waals surface area (Å²) in [6.07, 6.45) is 5.40. The van der Waals surface area contributed by atoms with Gasteiger partial charge in [-0.1, -0.05) is 19.1 Å². The van der Waals surface area contributed by atoms with Gasteiger partial charge >= 0.3 is 5.69 Å². The monoisotopic (exact) mass is 531 g/mol. The second kappa shape index (κ2) is 9.51. The van der Waals surface area contributed by atoms with Gasteiger partial charge in [-0.3, -0.25) is 9.78 Å². The molecule has 202 valence electrons. The molecule has 11 nitrogen and oxygen atoms in total. The topological polar surface area (TPSA) is 115 Å². The molecule has 12 heteroatoms. The number of carbonyl (C=O) groups excluding carboxylic acids is 1. The van der Waals surface area contributed by atoms with Crippen LogP contribution in [0.1, 0.15) is 57.0 Å². The minimum Gasteiger partial charge on any atom is -0.350 e. The van der Waals surface area contributed by atoms with Crippen LogP contribution < -0.4 is 10.6 Å². The molecular formula is C27H30FN9O2. The van der Waals surface area contributed by atoms with Gasteiger partial charge in [0.25, 0.3) is 0 Å². The number of fused-ring (bicyclic) bond motifs is 5. The number of hydrogen-bond acceptors (Lipinski definition) is 8. The van der Waals surface area contributed by atoms with Crippen molar-refractivity contribution in [3.8, 4) is 11.5 Å². The van der Waals surface area contributed by atoms with E-state index in [2.05, 4.69) is 20.3 Å². The Bertz CT molecular complexity index is 1660. The maximum Gasteiger partial charge on any atom is 0.355 e. The van der Waals surface area contributed by atoms with Gasteiger partial charge in [-0.05, 0) is 49.8 Å². The first kappa shape index (κ1) is 25.1. The highest BCUT2D eigenvalue weighted by molar-refractivity contribution is 5.89. The van der Waals surface area contributed by atoms with E-state index in [1.54, 1.807) is 24.2 Å². The first-order valence-corrected chi connectivity index (χ1v) is 13.3. The van der Waals surface area contributed by atoms with Gasteiger partial charge in [0, 0.05) is 38.8 Å². The maximum atomic E-state index is 15.8. The number of carbonyl (C=O) groups is 1. The van der Waals surface area contributed by atoms with E-state index < -0.39 is 11.5 Å². The Balaban J connectivity index is 1.68. The summed E-state index contributed by atoms with van der Waals surface area (Å²) >= 11 is 0. The number of aryl methyl sites for hydroxylation is 2. The molecule has 2 bridgehead atoms. The lowest BCUT2D eigenvalue weighted by atomic mass is 10.00. The smallest absolute Gasteiger partial charge is 0.350 e. The molecule has 2 aliphatic rings. The molecule has 1 saturated heterocycles. The van der Waals surface area contributed by atoms with Crippen molar-refractivity contribution in [3.63, 3.8) is 0 Å². The van der Waals surface area contributed by atoms with Crippen molar-refractivity contribution in [2.75, 3.05) is 24.5 Å². The van der Waals surface area contributed by atoms with Gasteiger partial charge in [-0.2, -0.15) is 9.67 Å². The van der Waals surface area contributed by atoms with Crippen LogP contribution in [-0.4, -0.2) is 71.0 Å². The number of pyridine rings is 2. The lowest BCUT2D eigenvalue weighted by Gasteiger charge is -2.40. The lowest BCUT2D eigenvalue weighted by molar-refractivity contribution is -0.129. The van der Waals surface area contributed by atoms with Crippen molar-refractivity contribution < 1.29 is 9.18 Å². The molecule has 2 aliphatic heterocycles. The van der Waals surface area contributed by atoms with Crippen molar-refractivity contribution in [1.29, 1.82) is 0 Å². The van der Waals surface area contributed by atoms with E-state index in [1.165, 1.54) is 15.3 Å². The molecule has 4 aromatic rings. The zero-order chi connectivity index (χ0) is 27.4. The van der Waals surface area contributed by atoms with Crippen LogP contribution in [-0.2, 0) is 17.6 Å². The summed E-state index contributed by atoms with van der Waals surface area (Å²) in [5, 5.41) is 8.54. The quantitative estimate of drug-likeness (QED) is 0.388. The van der Waals surface area contributed by atoms with Crippen molar-refractivity contribution in [2.24, 2.45) is 0 Å². The normalized spacial score (nSPS) is 17.3. The second-order valence-electron chi connectivity index (χ2n) is 10.6. The number of halogens is 1. The predicted molar refractivity (Wildman–Crippen MR) is 143 cm³/mol. The van der Waals surface area contributed by atoms with Crippen LogP contribution in [0.2, 0.25) is 0 Å². The fourth-order valence-electron chi connectivity index (χ4n) is 5.68. The molecule has 1 atom stereocenters. The van der Waals surface area contributed by atoms with E-state index in [4.69, 9.17) is 4.98 Å². The molecule has 6 rings (SSSR count). The van der Waals surface area contributed by atoms with Crippen LogP contribution in [0.5, 0.6) is 0 Å². The zero-order valence-corrected chi connectivity index (χ0v) is 22.4. The van der Waals surface area contributed by atoms with E-state index in [9.17, 15) is 9.59 Å². The standard InChI is InChI=1S/C27H30FN9O2/c1-15(2)22-23-18(8-9-29-22)6-5-7-19-13-30-33-37(19)26-21(28)12-20-24(32-27(39)36(23)25(20)31-26)35-11-10-34(17(4)38)14-16(35)3/h8-9,12-13,15-16H,5-7,10-11,14H2,1-4H3/t16-/m0/s1. The summed E-state index contributed by atoms with van der Waals surface area (Å²) in [5.74, 6) is -0.247. The number of rotatable bonds is 2. The Labute approximate surface area is 224 Å².